The smallest absolute Gasteiger partial charge is 0.230 e. The highest BCUT2D eigenvalue weighted by atomic mass is 32.2. The van der Waals surface area contributed by atoms with Gasteiger partial charge in [-0.15, -0.1) is 10.2 Å². The largest absolute Gasteiger partial charge is 0.352 e. The Kier molecular flexibility index (Phi) is 7.16. The number of hydrogen-bond acceptors (Lipinski definition) is 7. The van der Waals surface area contributed by atoms with Crippen LogP contribution in [0.3, 0.4) is 0 Å². The lowest BCUT2D eigenvalue weighted by molar-refractivity contribution is -0.119. The van der Waals surface area contributed by atoms with Gasteiger partial charge in [-0.1, -0.05) is 18.2 Å². The number of aromatic nitrogens is 3. The molecule has 2 fully saturated rings. The zero-order chi connectivity index (χ0) is 22.7. The predicted octanol–water partition coefficient (Wildman–Crippen LogP) is 2.35. The number of hydrogen-bond donors (Lipinski definition) is 1. The zero-order valence-corrected chi connectivity index (χ0v) is 19.7. The third kappa shape index (κ3) is 5.49. The summed E-state index contributed by atoms with van der Waals surface area (Å²) in [6.07, 6.45) is 3.97. The summed E-state index contributed by atoms with van der Waals surface area (Å²) in [6, 6.07) is 5.84. The van der Waals surface area contributed by atoms with Crippen molar-refractivity contribution in [1.29, 1.82) is 0 Å². The quantitative estimate of drug-likeness (QED) is 0.606. The van der Waals surface area contributed by atoms with Crippen molar-refractivity contribution < 1.29 is 17.6 Å². The second kappa shape index (κ2) is 9.88. The van der Waals surface area contributed by atoms with E-state index in [4.69, 9.17) is 0 Å². The van der Waals surface area contributed by atoms with Gasteiger partial charge in [0, 0.05) is 11.7 Å². The van der Waals surface area contributed by atoms with E-state index in [1.165, 1.54) is 30.3 Å². The predicted molar refractivity (Wildman–Crippen MR) is 121 cm³/mol. The summed E-state index contributed by atoms with van der Waals surface area (Å²) in [5.74, 6) is 0.384. The van der Waals surface area contributed by atoms with Crippen molar-refractivity contribution >= 4 is 27.5 Å². The van der Waals surface area contributed by atoms with Gasteiger partial charge in [0.25, 0.3) is 0 Å². The van der Waals surface area contributed by atoms with Crippen LogP contribution < -0.4 is 5.32 Å². The highest BCUT2D eigenvalue weighted by Crippen LogP contribution is 2.29. The van der Waals surface area contributed by atoms with Gasteiger partial charge in [-0.3, -0.25) is 14.3 Å². The Balaban J connectivity index is 1.51. The molecular weight excluding hydrogens is 453 g/mol. The number of nitrogens with one attached hydrogen (secondary N) is 1. The fourth-order valence-corrected chi connectivity index (χ4v) is 6.70. The summed E-state index contributed by atoms with van der Waals surface area (Å²) in [5.41, 5.74) is 0.736. The van der Waals surface area contributed by atoms with Gasteiger partial charge in [-0.25, -0.2) is 12.8 Å². The number of carbonyl (C=O) groups excluding carboxylic acids is 1. The van der Waals surface area contributed by atoms with Crippen LogP contribution in [-0.2, 0) is 14.6 Å². The molecule has 0 saturated carbocycles. The monoisotopic (exact) mass is 481 g/mol. The summed E-state index contributed by atoms with van der Waals surface area (Å²) < 4.78 is 38.6. The lowest BCUT2D eigenvalue weighted by atomic mass is 10.1. The molecular formula is C21H28FN5O3S2. The normalized spacial score (nSPS) is 22.0. The maximum Gasteiger partial charge on any atom is 0.230 e. The van der Waals surface area contributed by atoms with Gasteiger partial charge < -0.3 is 5.32 Å². The van der Waals surface area contributed by atoms with E-state index in [-0.39, 0.29) is 41.1 Å². The molecule has 11 heteroatoms. The highest BCUT2D eigenvalue weighted by Gasteiger charge is 2.29. The number of amides is 1. The molecule has 1 N–H and O–H groups in total. The van der Waals surface area contributed by atoms with E-state index in [0.717, 1.165) is 37.4 Å². The van der Waals surface area contributed by atoms with Crippen LogP contribution in [0.1, 0.15) is 44.5 Å². The molecule has 2 unspecified atom stereocenters. The second-order valence-electron chi connectivity index (χ2n) is 8.38. The molecule has 2 atom stereocenters. The molecule has 1 aromatic carbocycles. The van der Waals surface area contributed by atoms with Crippen molar-refractivity contribution in [3.05, 3.63) is 35.9 Å². The molecule has 32 heavy (non-hydrogen) atoms. The maximum atomic E-state index is 13.5. The van der Waals surface area contributed by atoms with Crippen LogP contribution >= 0.6 is 11.8 Å². The number of nitrogens with zero attached hydrogens (tertiary/aromatic N) is 4. The van der Waals surface area contributed by atoms with Crippen LogP contribution in [0.2, 0.25) is 0 Å². The van der Waals surface area contributed by atoms with Gasteiger partial charge in [-0.05, 0) is 63.5 Å². The average molecular weight is 482 g/mol. The number of benzene rings is 1. The molecule has 2 saturated heterocycles. The minimum atomic E-state index is -3.05. The molecule has 0 radical (unpaired) electrons. The van der Waals surface area contributed by atoms with Crippen LogP contribution in [0, 0.1) is 5.82 Å². The molecule has 1 aromatic heterocycles. The van der Waals surface area contributed by atoms with Gasteiger partial charge in [0.1, 0.15) is 5.82 Å². The number of piperidine rings is 1. The number of carbonyl (C=O) groups is 1. The van der Waals surface area contributed by atoms with Gasteiger partial charge in [0.05, 0.1) is 23.3 Å². The number of sulfone groups is 1. The van der Waals surface area contributed by atoms with Gasteiger partial charge in [0.15, 0.2) is 20.8 Å². The topological polar surface area (TPSA) is 97.2 Å². The standard InChI is InChI=1S/C21H28FN5O3S2/c1-15(26-10-3-2-4-11-26)20-24-25-21(27(20)18-7-5-16(22)6-8-18)31-13-19(28)23-17-9-12-32(29,30)14-17/h5-8,15,17H,2-4,9-14H2,1H3,(H,23,28). The van der Waals surface area contributed by atoms with Crippen molar-refractivity contribution in [2.75, 3.05) is 30.3 Å². The van der Waals surface area contributed by atoms with Crippen molar-refractivity contribution in [1.82, 2.24) is 25.0 Å². The number of halogens is 1. The van der Waals surface area contributed by atoms with E-state index in [9.17, 15) is 17.6 Å². The number of likely N-dealkylation sites (tertiary alicyclic amines) is 1. The first-order valence-corrected chi connectivity index (χ1v) is 13.7. The van der Waals surface area contributed by atoms with Crippen molar-refractivity contribution in [3.63, 3.8) is 0 Å². The van der Waals surface area contributed by atoms with Gasteiger partial charge in [0.2, 0.25) is 5.91 Å². The molecule has 0 spiro atoms. The summed E-state index contributed by atoms with van der Waals surface area (Å²) in [5, 5.41) is 12.1. The summed E-state index contributed by atoms with van der Waals surface area (Å²) in [7, 11) is -3.05. The number of thioether (sulfide) groups is 1. The Hall–Kier alpha value is -1.98. The van der Waals surface area contributed by atoms with Crippen LogP contribution in [0.4, 0.5) is 4.39 Å². The molecule has 1 amide bonds. The Morgan fingerprint density at radius 3 is 2.59 bits per heavy atom. The Bertz CT molecular complexity index is 1050. The summed E-state index contributed by atoms with van der Waals surface area (Å²) in [4.78, 5) is 14.8. The lowest BCUT2D eigenvalue weighted by Gasteiger charge is -2.31. The maximum absolute atomic E-state index is 13.5. The van der Waals surface area contributed by atoms with Gasteiger partial charge >= 0.3 is 0 Å². The Labute approximate surface area is 191 Å². The molecule has 2 aliphatic rings. The van der Waals surface area contributed by atoms with Crippen molar-refractivity contribution in [3.8, 4) is 5.69 Å². The van der Waals surface area contributed by atoms with Crippen LogP contribution in [-0.4, -0.2) is 70.4 Å². The lowest BCUT2D eigenvalue weighted by Crippen LogP contribution is -2.36. The van der Waals surface area contributed by atoms with Crippen LogP contribution in [0.25, 0.3) is 5.69 Å². The molecule has 2 aliphatic heterocycles. The molecule has 174 valence electrons. The summed E-state index contributed by atoms with van der Waals surface area (Å²) in [6.45, 7) is 4.08. The van der Waals surface area contributed by atoms with E-state index < -0.39 is 9.84 Å². The molecule has 8 nitrogen and oxygen atoms in total. The zero-order valence-electron chi connectivity index (χ0n) is 18.0. The SMILES string of the molecule is CC(c1nnc(SCC(=O)NC2CCS(=O)(=O)C2)n1-c1ccc(F)cc1)N1CCCCC1. The third-order valence-electron chi connectivity index (χ3n) is 5.99. The van der Waals surface area contributed by atoms with Crippen LogP contribution in [0.5, 0.6) is 0 Å². The van der Waals surface area contributed by atoms with Crippen LogP contribution in [0.15, 0.2) is 29.4 Å². The fraction of sp³-hybridized carbons (Fsp3) is 0.571. The van der Waals surface area contributed by atoms with Gasteiger partial charge in [-0.2, -0.15) is 0 Å². The first kappa shape index (κ1) is 23.2. The van der Waals surface area contributed by atoms with E-state index >= 15 is 0 Å². The molecule has 3 heterocycles. The number of rotatable bonds is 7. The third-order valence-corrected chi connectivity index (χ3v) is 8.68. The molecule has 0 bridgehead atoms. The van der Waals surface area contributed by atoms with Crippen molar-refractivity contribution in [2.24, 2.45) is 0 Å². The molecule has 0 aliphatic carbocycles. The van der Waals surface area contributed by atoms with E-state index in [2.05, 4.69) is 27.3 Å². The van der Waals surface area contributed by atoms with E-state index in [1.54, 1.807) is 12.1 Å². The average Bonchev–Trinajstić information content (AvgIpc) is 3.35. The Morgan fingerprint density at radius 1 is 1.22 bits per heavy atom. The first-order chi connectivity index (χ1) is 15.3. The Morgan fingerprint density at radius 2 is 1.94 bits per heavy atom. The van der Waals surface area contributed by atoms with E-state index in [0.29, 0.717) is 11.6 Å². The summed E-state index contributed by atoms with van der Waals surface area (Å²) >= 11 is 1.24. The minimum absolute atomic E-state index is 0.00728. The minimum Gasteiger partial charge on any atom is -0.352 e. The highest BCUT2D eigenvalue weighted by molar-refractivity contribution is 7.99. The van der Waals surface area contributed by atoms with Crippen molar-refractivity contribution in [2.45, 2.75) is 49.8 Å². The van der Waals surface area contributed by atoms with E-state index in [1.807, 2.05) is 4.57 Å². The fourth-order valence-electron chi connectivity index (χ4n) is 4.26. The second-order valence-corrected chi connectivity index (χ2v) is 11.6. The first-order valence-electron chi connectivity index (χ1n) is 10.9. The molecule has 2 aromatic rings. The molecule has 4 rings (SSSR count).